The van der Waals surface area contributed by atoms with Crippen molar-refractivity contribution in [2.75, 3.05) is 0 Å². The average Bonchev–Trinajstić information content (AvgIpc) is 2.70. The number of halogens is 2. The van der Waals surface area contributed by atoms with Crippen LogP contribution in [0.3, 0.4) is 0 Å². The number of carbonyl (C=O) groups excluding carboxylic acids is 1. The van der Waals surface area contributed by atoms with Crippen LogP contribution in [-0.2, 0) is 11.2 Å². The van der Waals surface area contributed by atoms with Gasteiger partial charge in [0.05, 0.1) is 11.2 Å². The molecule has 156 valence electrons. The second-order valence-corrected chi connectivity index (χ2v) is 7.04. The molecule has 0 aliphatic rings. The molecule has 0 bridgehead atoms. The number of amides is 1. The Morgan fingerprint density at radius 3 is 2.87 bits per heavy atom. The van der Waals surface area contributed by atoms with E-state index in [1.165, 1.54) is 31.2 Å². The van der Waals surface area contributed by atoms with Crippen molar-refractivity contribution >= 4 is 34.7 Å². The van der Waals surface area contributed by atoms with E-state index in [-0.39, 0.29) is 10.6 Å². The summed E-state index contributed by atoms with van der Waals surface area (Å²) in [6.07, 6.45) is 1.88. The molecule has 0 fully saturated rings. The molecule has 1 aromatic heterocycles. The molecule has 1 heterocycles. The summed E-state index contributed by atoms with van der Waals surface area (Å²) >= 11 is 5.90. The van der Waals surface area contributed by atoms with Gasteiger partial charge in [-0.3, -0.25) is 4.79 Å². The molecule has 3 aromatic rings. The molecule has 1 unspecified atom stereocenters. The summed E-state index contributed by atoms with van der Waals surface area (Å²) in [5.41, 5.74) is 3.22. The summed E-state index contributed by atoms with van der Waals surface area (Å²) in [6.45, 7) is 3.57. The third-order valence-electron chi connectivity index (χ3n) is 4.37. The van der Waals surface area contributed by atoms with Crippen molar-refractivity contribution in [3.8, 4) is 5.75 Å². The fraction of sp³-hybridized carbons (Fsp3) is 0.227. The minimum Gasteiger partial charge on any atom is -0.481 e. The van der Waals surface area contributed by atoms with Crippen molar-refractivity contribution in [1.82, 2.24) is 5.43 Å². The van der Waals surface area contributed by atoms with Crippen molar-refractivity contribution in [3.05, 3.63) is 74.9 Å². The average molecular weight is 431 g/mol. The van der Waals surface area contributed by atoms with Gasteiger partial charge >= 0.3 is 5.63 Å². The zero-order valence-electron chi connectivity index (χ0n) is 16.4. The van der Waals surface area contributed by atoms with Gasteiger partial charge in [-0.15, -0.1) is 0 Å². The van der Waals surface area contributed by atoms with Gasteiger partial charge in [0, 0.05) is 23.1 Å². The van der Waals surface area contributed by atoms with Crippen molar-refractivity contribution in [1.29, 1.82) is 0 Å². The largest absolute Gasteiger partial charge is 0.481 e. The Bertz CT molecular complexity index is 1140. The summed E-state index contributed by atoms with van der Waals surface area (Å²) in [7, 11) is 0. The number of benzene rings is 2. The van der Waals surface area contributed by atoms with Crippen LogP contribution in [-0.4, -0.2) is 18.2 Å². The lowest BCUT2D eigenvalue weighted by Crippen LogP contribution is -2.33. The summed E-state index contributed by atoms with van der Waals surface area (Å²) in [6, 6.07) is 10.8. The van der Waals surface area contributed by atoms with Crippen LogP contribution < -0.4 is 15.8 Å². The molecule has 6 nitrogen and oxygen atoms in total. The first kappa shape index (κ1) is 21.5. The Labute approximate surface area is 177 Å². The van der Waals surface area contributed by atoms with Gasteiger partial charge in [-0.2, -0.15) is 5.10 Å². The lowest BCUT2D eigenvalue weighted by atomic mass is 10.1. The Morgan fingerprint density at radius 1 is 1.33 bits per heavy atom. The van der Waals surface area contributed by atoms with Gasteiger partial charge in [0.1, 0.15) is 17.1 Å². The van der Waals surface area contributed by atoms with E-state index in [9.17, 15) is 14.0 Å². The van der Waals surface area contributed by atoms with Crippen LogP contribution >= 0.6 is 11.6 Å². The zero-order valence-corrected chi connectivity index (χ0v) is 17.2. The molecule has 1 amide bonds. The van der Waals surface area contributed by atoms with Crippen LogP contribution in [0, 0.1) is 5.82 Å². The number of hydrogen-bond acceptors (Lipinski definition) is 5. The van der Waals surface area contributed by atoms with E-state index >= 15 is 0 Å². The van der Waals surface area contributed by atoms with Crippen LogP contribution in [0.1, 0.15) is 31.4 Å². The molecule has 0 saturated carbocycles. The number of ether oxygens (including phenoxy) is 1. The molecule has 1 atom stereocenters. The highest BCUT2D eigenvalue weighted by molar-refractivity contribution is 6.33. The van der Waals surface area contributed by atoms with Crippen molar-refractivity contribution in [2.24, 2.45) is 5.10 Å². The summed E-state index contributed by atoms with van der Waals surface area (Å²) in [5, 5.41) is 4.73. The predicted molar refractivity (Wildman–Crippen MR) is 114 cm³/mol. The summed E-state index contributed by atoms with van der Waals surface area (Å²) in [5.74, 6) is -0.729. The van der Waals surface area contributed by atoms with Crippen molar-refractivity contribution in [3.63, 3.8) is 0 Å². The van der Waals surface area contributed by atoms with E-state index in [1.54, 1.807) is 18.2 Å². The molecule has 8 heteroatoms. The number of aryl methyl sites for hydroxylation is 1. The number of fused-ring (bicyclic) bond motifs is 1. The molecule has 0 saturated heterocycles. The van der Waals surface area contributed by atoms with Gasteiger partial charge in [-0.25, -0.2) is 14.6 Å². The van der Waals surface area contributed by atoms with E-state index in [2.05, 4.69) is 10.5 Å². The van der Waals surface area contributed by atoms with Gasteiger partial charge in [0.2, 0.25) is 0 Å². The van der Waals surface area contributed by atoms with E-state index in [0.717, 1.165) is 30.0 Å². The third kappa shape index (κ3) is 5.04. The summed E-state index contributed by atoms with van der Waals surface area (Å²) in [4.78, 5) is 24.0. The Morgan fingerprint density at radius 2 is 2.13 bits per heavy atom. The van der Waals surface area contributed by atoms with Crippen molar-refractivity contribution in [2.45, 2.75) is 32.8 Å². The van der Waals surface area contributed by atoms with Crippen molar-refractivity contribution < 1.29 is 18.3 Å². The Hall–Kier alpha value is -3.19. The molecule has 30 heavy (non-hydrogen) atoms. The monoisotopic (exact) mass is 430 g/mol. The normalized spacial score (nSPS) is 12.3. The molecule has 0 spiro atoms. The number of rotatable bonds is 7. The Balaban J connectivity index is 1.70. The lowest BCUT2D eigenvalue weighted by Gasteiger charge is -2.13. The van der Waals surface area contributed by atoms with Gasteiger partial charge in [-0.1, -0.05) is 31.0 Å². The van der Waals surface area contributed by atoms with Crippen LogP contribution in [0.2, 0.25) is 5.02 Å². The van der Waals surface area contributed by atoms with Crippen LogP contribution in [0.25, 0.3) is 11.0 Å². The van der Waals surface area contributed by atoms with E-state index < -0.39 is 23.5 Å². The fourth-order valence-corrected chi connectivity index (χ4v) is 3.11. The minimum atomic E-state index is -0.902. The first-order valence-electron chi connectivity index (χ1n) is 9.39. The molecule has 3 rings (SSSR count). The standard InChI is InChI=1S/C22H20ClFN2O4/c1-3-5-14-10-21(27)30-20-11-15(8-9-16(14)20)29-13(2)22(28)26-25-12-17-18(23)6-4-7-19(17)24/h4,6-13H,3,5H2,1-2H3,(H,26,28)/b25-12+. The predicted octanol–water partition coefficient (Wildman–Crippen LogP) is 4.46. The third-order valence-corrected chi connectivity index (χ3v) is 4.70. The highest BCUT2D eigenvalue weighted by atomic mass is 35.5. The number of carbonyl (C=O) groups is 1. The number of nitrogens with one attached hydrogen (secondary N) is 1. The Kier molecular flexibility index (Phi) is 6.84. The van der Waals surface area contributed by atoms with E-state index in [4.69, 9.17) is 20.8 Å². The van der Waals surface area contributed by atoms with Gasteiger partial charge in [-0.05, 0) is 43.2 Å². The van der Waals surface area contributed by atoms with Gasteiger partial charge < -0.3 is 9.15 Å². The molecular weight excluding hydrogens is 411 g/mol. The second kappa shape index (κ2) is 9.54. The van der Waals surface area contributed by atoms with Crippen LogP contribution in [0.5, 0.6) is 5.75 Å². The van der Waals surface area contributed by atoms with Crippen LogP contribution in [0.4, 0.5) is 4.39 Å². The first-order valence-corrected chi connectivity index (χ1v) is 9.77. The maximum atomic E-state index is 13.7. The number of hydrazone groups is 1. The highest BCUT2D eigenvalue weighted by Crippen LogP contribution is 2.24. The molecule has 0 aliphatic heterocycles. The molecule has 1 N–H and O–H groups in total. The van der Waals surface area contributed by atoms with E-state index in [1.807, 2.05) is 6.92 Å². The zero-order chi connectivity index (χ0) is 21.7. The van der Waals surface area contributed by atoms with Gasteiger partial charge in [0.25, 0.3) is 5.91 Å². The summed E-state index contributed by atoms with van der Waals surface area (Å²) < 4.78 is 24.6. The van der Waals surface area contributed by atoms with Crippen LogP contribution in [0.15, 0.2) is 56.8 Å². The topological polar surface area (TPSA) is 80.9 Å². The number of nitrogens with zero attached hydrogens (tertiary/aromatic N) is 1. The molecule has 2 aromatic carbocycles. The van der Waals surface area contributed by atoms with E-state index in [0.29, 0.717) is 11.3 Å². The lowest BCUT2D eigenvalue weighted by molar-refractivity contribution is -0.127. The second-order valence-electron chi connectivity index (χ2n) is 6.63. The molecular formula is C22H20ClFN2O4. The van der Waals surface area contributed by atoms with Gasteiger partial charge in [0.15, 0.2) is 6.10 Å². The fourth-order valence-electron chi connectivity index (χ4n) is 2.90. The highest BCUT2D eigenvalue weighted by Gasteiger charge is 2.15. The smallest absolute Gasteiger partial charge is 0.336 e. The number of hydrogen-bond donors (Lipinski definition) is 1. The molecule has 0 radical (unpaired) electrons. The SMILES string of the molecule is CCCc1cc(=O)oc2cc(OC(C)C(=O)N/N=C/c3c(F)cccc3Cl)ccc12. The maximum Gasteiger partial charge on any atom is 0.336 e. The maximum absolute atomic E-state index is 13.7. The quantitative estimate of drug-likeness (QED) is 0.341. The first-order chi connectivity index (χ1) is 14.4. The minimum absolute atomic E-state index is 0.0699. The molecule has 0 aliphatic carbocycles.